The Labute approximate surface area is 145 Å². The van der Waals surface area contributed by atoms with Crippen LogP contribution in [0.25, 0.3) is 0 Å². The maximum absolute atomic E-state index is 11.3. The largest absolute Gasteiger partial charge is 0.462 e. The van der Waals surface area contributed by atoms with Crippen molar-refractivity contribution in [2.75, 3.05) is 6.61 Å². The van der Waals surface area contributed by atoms with Gasteiger partial charge in [-0.1, -0.05) is 97.5 Å². The Morgan fingerprint density at radius 1 is 0.826 bits per heavy atom. The molecule has 1 atom stereocenters. The molecule has 0 saturated carbocycles. The summed E-state index contributed by atoms with van der Waals surface area (Å²) in [5, 5.41) is 0. The predicted octanol–water partition coefficient (Wildman–Crippen LogP) is 6.83. The average Bonchev–Trinajstić information content (AvgIpc) is 2.57. The fourth-order valence-electron chi connectivity index (χ4n) is 3.00. The first kappa shape index (κ1) is 22.2. The fourth-order valence-corrected chi connectivity index (χ4v) is 3.00. The van der Waals surface area contributed by atoms with Crippen molar-refractivity contribution in [2.24, 2.45) is 5.92 Å². The molecular formula is C21H40O2. The minimum absolute atomic E-state index is 0.278. The highest BCUT2D eigenvalue weighted by molar-refractivity contribution is 5.81. The minimum atomic E-state index is -0.278. The summed E-state index contributed by atoms with van der Waals surface area (Å²) in [6.45, 7) is 8.55. The lowest BCUT2D eigenvalue weighted by molar-refractivity contribution is -0.139. The summed E-state index contributed by atoms with van der Waals surface area (Å²) in [5.74, 6) is 0.260. The van der Waals surface area contributed by atoms with E-state index in [1.54, 1.807) is 0 Å². The van der Waals surface area contributed by atoms with Crippen molar-refractivity contribution >= 4 is 5.97 Å². The molecule has 136 valence electrons. The minimum Gasteiger partial charge on any atom is -0.462 e. The van der Waals surface area contributed by atoms with Crippen LogP contribution in [-0.4, -0.2) is 12.6 Å². The van der Waals surface area contributed by atoms with Crippen molar-refractivity contribution in [3.05, 3.63) is 12.7 Å². The van der Waals surface area contributed by atoms with E-state index in [-0.39, 0.29) is 5.97 Å². The molecule has 0 spiro atoms. The maximum atomic E-state index is 11.3. The molecule has 23 heavy (non-hydrogen) atoms. The molecule has 0 rings (SSSR count). The number of hydrogen-bond acceptors (Lipinski definition) is 2. The second kappa shape index (κ2) is 17.6. The lowest BCUT2D eigenvalue weighted by atomic mass is 9.95. The van der Waals surface area contributed by atoms with Gasteiger partial charge >= 0.3 is 5.97 Å². The first-order valence-corrected chi connectivity index (χ1v) is 10.0. The first-order chi connectivity index (χ1) is 11.2. The van der Waals surface area contributed by atoms with E-state index in [2.05, 4.69) is 20.4 Å². The molecule has 0 aliphatic carbocycles. The quantitative estimate of drug-likeness (QED) is 0.166. The van der Waals surface area contributed by atoms with E-state index in [1.165, 1.54) is 96.0 Å². The molecule has 0 aromatic heterocycles. The summed E-state index contributed by atoms with van der Waals surface area (Å²) in [5.41, 5.74) is 0. The zero-order valence-corrected chi connectivity index (χ0v) is 15.8. The molecule has 1 unspecified atom stereocenters. The third-order valence-electron chi connectivity index (χ3n) is 4.56. The molecule has 0 saturated heterocycles. The van der Waals surface area contributed by atoms with Gasteiger partial charge in [-0.25, -0.2) is 4.79 Å². The summed E-state index contributed by atoms with van der Waals surface area (Å²) in [6, 6.07) is 0. The number of rotatable bonds is 17. The van der Waals surface area contributed by atoms with E-state index in [1.807, 2.05) is 0 Å². The first-order valence-electron chi connectivity index (χ1n) is 10.0. The van der Waals surface area contributed by atoms with Crippen LogP contribution in [0.4, 0.5) is 0 Å². The van der Waals surface area contributed by atoms with Crippen molar-refractivity contribution in [1.29, 1.82) is 0 Å². The van der Waals surface area contributed by atoms with Crippen LogP contribution in [0.2, 0.25) is 0 Å². The SMILES string of the molecule is C=CC(=O)OCC(CCCCCC)CCCCCCCCCC. The normalized spacial score (nSPS) is 12.1. The van der Waals surface area contributed by atoms with Crippen molar-refractivity contribution in [3.8, 4) is 0 Å². The van der Waals surface area contributed by atoms with Gasteiger partial charge in [0.15, 0.2) is 0 Å². The summed E-state index contributed by atoms with van der Waals surface area (Å²) < 4.78 is 5.28. The van der Waals surface area contributed by atoms with Crippen LogP contribution in [0.5, 0.6) is 0 Å². The maximum Gasteiger partial charge on any atom is 0.330 e. The highest BCUT2D eigenvalue weighted by Gasteiger charge is 2.10. The molecule has 0 aromatic carbocycles. The van der Waals surface area contributed by atoms with Gasteiger partial charge in [-0.05, 0) is 18.8 Å². The van der Waals surface area contributed by atoms with Crippen LogP contribution in [0.3, 0.4) is 0 Å². The zero-order valence-electron chi connectivity index (χ0n) is 15.8. The van der Waals surface area contributed by atoms with Gasteiger partial charge in [0.05, 0.1) is 6.61 Å². The molecule has 0 bridgehead atoms. The van der Waals surface area contributed by atoms with Gasteiger partial charge in [-0.2, -0.15) is 0 Å². The highest BCUT2D eigenvalue weighted by atomic mass is 16.5. The topological polar surface area (TPSA) is 26.3 Å². The lowest BCUT2D eigenvalue weighted by Gasteiger charge is -2.16. The van der Waals surface area contributed by atoms with Crippen molar-refractivity contribution in [3.63, 3.8) is 0 Å². The van der Waals surface area contributed by atoms with Gasteiger partial charge in [-0.15, -0.1) is 0 Å². The van der Waals surface area contributed by atoms with Gasteiger partial charge in [0.2, 0.25) is 0 Å². The number of hydrogen-bond donors (Lipinski definition) is 0. The molecule has 2 nitrogen and oxygen atoms in total. The average molecular weight is 325 g/mol. The summed E-state index contributed by atoms with van der Waals surface area (Å²) in [7, 11) is 0. The molecule has 0 radical (unpaired) electrons. The number of ether oxygens (including phenoxy) is 1. The second-order valence-electron chi connectivity index (χ2n) is 6.81. The third kappa shape index (κ3) is 15.9. The van der Waals surface area contributed by atoms with Gasteiger partial charge in [-0.3, -0.25) is 0 Å². The molecule has 0 aliphatic rings. The highest BCUT2D eigenvalue weighted by Crippen LogP contribution is 2.19. The van der Waals surface area contributed by atoms with Gasteiger partial charge in [0.25, 0.3) is 0 Å². The van der Waals surface area contributed by atoms with E-state index in [0.29, 0.717) is 12.5 Å². The Balaban J connectivity index is 3.76. The van der Waals surface area contributed by atoms with Gasteiger partial charge in [0, 0.05) is 6.08 Å². The fraction of sp³-hybridized carbons (Fsp3) is 0.857. The van der Waals surface area contributed by atoms with Crippen LogP contribution in [-0.2, 0) is 9.53 Å². The zero-order chi connectivity index (χ0) is 17.2. The smallest absolute Gasteiger partial charge is 0.330 e. The molecule has 0 aromatic rings. The lowest BCUT2D eigenvalue weighted by Crippen LogP contribution is -2.13. The van der Waals surface area contributed by atoms with Crippen molar-refractivity contribution < 1.29 is 9.53 Å². The Kier molecular flexibility index (Phi) is 17.0. The summed E-state index contributed by atoms with van der Waals surface area (Å²) >= 11 is 0. The summed E-state index contributed by atoms with van der Waals surface area (Å²) in [4.78, 5) is 11.3. The third-order valence-corrected chi connectivity index (χ3v) is 4.56. The van der Waals surface area contributed by atoms with Crippen LogP contribution < -0.4 is 0 Å². The Hall–Kier alpha value is -0.790. The Bertz CT molecular complexity index is 273. The monoisotopic (exact) mass is 324 g/mol. The number of unbranched alkanes of at least 4 members (excludes halogenated alkanes) is 10. The van der Waals surface area contributed by atoms with Crippen molar-refractivity contribution in [1.82, 2.24) is 0 Å². The molecule has 0 amide bonds. The van der Waals surface area contributed by atoms with Crippen LogP contribution in [0, 0.1) is 5.92 Å². The standard InChI is InChI=1S/C21H40O2/c1-4-7-9-11-12-13-14-16-18-20(17-15-10-8-5-2)19-23-21(22)6-3/h6,20H,3-5,7-19H2,1-2H3. The number of esters is 1. The molecule has 0 fully saturated rings. The van der Waals surface area contributed by atoms with Gasteiger partial charge in [0.1, 0.15) is 0 Å². The van der Waals surface area contributed by atoms with Crippen LogP contribution in [0.1, 0.15) is 104 Å². The Morgan fingerprint density at radius 2 is 1.26 bits per heavy atom. The van der Waals surface area contributed by atoms with Crippen LogP contribution in [0.15, 0.2) is 12.7 Å². The van der Waals surface area contributed by atoms with E-state index >= 15 is 0 Å². The van der Waals surface area contributed by atoms with E-state index in [4.69, 9.17) is 4.74 Å². The van der Waals surface area contributed by atoms with Crippen molar-refractivity contribution in [2.45, 2.75) is 104 Å². The summed E-state index contributed by atoms with van der Waals surface area (Å²) in [6.07, 6.45) is 19.7. The number of carbonyl (C=O) groups is 1. The molecule has 0 N–H and O–H groups in total. The molecule has 2 heteroatoms. The molecule has 0 aliphatic heterocycles. The molecular weight excluding hydrogens is 284 g/mol. The predicted molar refractivity (Wildman–Crippen MR) is 101 cm³/mol. The van der Waals surface area contributed by atoms with E-state index in [9.17, 15) is 4.79 Å². The second-order valence-corrected chi connectivity index (χ2v) is 6.81. The Morgan fingerprint density at radius 3 is 1.74 bits per heavy atom. The van der Waals surface area contributed by atoms with Crippen LogP contribution >= 0.6 is 0 Å². The van der Waals surface area contributed by atoms with E-state index < -0.39 is 0 Å². The number of carbonyl (C=O) groups excluding carboxylic acids is 1. The van der Waals surface area contributed by atoms with Gasteiger partial charge < -0.3 is 4.74 Å². The molecule has 0 heterocycles. The van der Waals surface area contributed by atoms with E-state index in [0.717, 1.165) is 0 Å².